The van der Waals surface area contributed by atoms with Crippen LogP contribution in [-0.4, -0.2) is 24.1 Å². The van der Waals surface area contributed by atoms with E-state index < -0.39 is 7.26 Å². The summed E-state index contributed by atoms with van der Waals surface area (Å²) in [5.74, 6) is 0. The van der Waals surface area contributed by atoms with Crippen molar-refractivity contribution in [1.82, 2.24) is 0 Å². The molecule has 1 saturated carbocycles. The second-order valence-electron chi connectivity index (χ2n) is 3.51. The Bertz CT molecular complexity index is 145. The van der Waals surface area contributed by atoms with Crippen molar-refractivity contribution < 1.29 is 34.1 Å². The van der Waals surface area contributed by atoms with Gasteiger partial charge in [-0.05, 0) is 40.0 Å². The smallest absolute Gasteiger partial charge is 0.0459 e. The number of hydrogen-bond acceptors (Lipinski definition) is 0. The molecule has 1 fully saturated rings. The van der Waals surface area contributed by atoms with Crippen molar-refractivity contribution in [2.75, 3.05) is 18.5 Å². The van der Waals surface area contributed by atoms with E-state index in [9.17, 15) is 0 Å². The zero-order valence-electron chi connectivity index (χ0n) is 9.77. The van der Waals surface area contributed by atoms with Crippen molar-refractivity contribution in [3.8, 4) is 0 Å². The summed E-state index contributed by atoms with van der Waals surface area (Å²) < 4.78 is 8.42. The van der Waals surface area contributed by atoms with Crippen LogP contribution in [0, 0.1) is 0 Å². The van der Waals surface area contributed by atoms with E-state index in [0.717, 1.165) is 0 Å². The molecule has 1 radical (unpaired) electrons. The largest absolute Gasteiger partial charge is 0.0745 e. The van der Waals surface area contributed by atoms with Gasteiger partial charge in [0, 0.05) is 40.0 Å². The van der Waals surface area contributed by atoms with Gasteiger partial charge in [-0.1, -0.05) is 0 Å². The van der Waals surface area contributed by atoms with Gasteiger partial charge in [0.2, 0.25) is 0 Å². The van der Waals surface area contributed by atoms with E-state index in [0.29, 0.717) is 0 Å². The SMILES string of the molecule is [2H]C1([P+](CC)(CC)CC)CCC1.[Y]. The molecule has 1 aliphatic carbocycles. The minimum absolute atomic E-state index is 0. The first-order chi connectivity index (χ1) is 5.64. The second-order valence-corrected chi connectivity index (χ2v) is 8.33. The zero-order valence-corrected chi connectivity index (χ0v) is 12.5. The van der Waals surface area contributed by atoms with Gasteiger partial charge in [0.05, 0.1) is 25.5 Å². The molecular formula is C10H22PY+. The van der Waals surface area contributed by atoms with Gasteiger partial charge in [-0.15, -0.1) is 0 Å². The van der Waals surface area contributed by atoms with Crippen LogP contribution >= 0.6 is 7.26 Å². The van der Waals surface area contributed by atoms with Crippen LogP contribution in [0.2, 0.25) is 0 Å². The van der Waals surface area contributed by atoms with E-state index in [2.05, 4.69) is 20.8 Å². The Balaban J connectivity index is 0.00000144. The molecule has 0 saturated heterocycles. The van der Waals surface area contributed by atoms with Crippen LogP contribution in [0.15, 0.2) is 0 Å². The third kappa shape index (κ3) is 2.52. The topological polar surface area (TPSA) is 0 Å². The number of hydrogen-bond donors (Lipinski definition) is 0. The number of rotatable bonds is 4. The van der Waals surface area contributed by atoms with Gasteiger partial charge in [0.25, 0.3) is 0 Å². The molecule has 0 amide bonds. The maximum Gasteiger partial charge on any atom is 0.0745 e. The van der Waals surface area contributed by atoms with E-state index in [1.165, 1.54) is 37.7 Å². The van der Waals surface area contributed by atoms with E-state index in [1.54, 1.807) is 0 Å². The van der Waals surface area contributed by atoms with Crippen molar-refractivity contribution in [2.24, 2.45) is 0 Å². The first-order valence-electron chi connectivity index (χ1n) is 5.50. The molecule has 12 heavy (non-hydrogen) atoms. The Labute approximate surface area is 105 Å². The minimum Gasteiger partial charge on any atom is -0.0459 e. The molecule has 0 spiro atoms. The molecule has 0 atom stereocenters. The standard InChI is InChI=1S/C10H22P.Y/c1-4-11(5-2,6-3)10-8-7-9-10;/h10H,4-9H2,1-3H3;/q+1;/i10D;. The predicted octanol–water partition coefficient (Wildman–Crippen LogP) is 3.61. The van der Waals surface area contributed by atoms with Crippen LogP contribution < -0.4 is 0 Å². The van der Waals surface area contributed by atoms with Crippen LogP contribution in [0.1, 0.15) is 41.4 Å². The van der Waals surface area contributed by atoms with Crippen molar-refractivity contribution >= 4 is 7.26 Å². The zero-order chi connectivity index (χ0) is 9.24. The molecule has 1 aliphatic rings. The normalized spacial score (nSPS) is 22.1. The van der Waals surface area contributed by atoms with Gasteiger partial charge in [-0.25, -0.2) is 0 Å². The molecular weight excluding hydrogens is 240 g/mol. The average molecular weight is 263 g/mol. The van der Waals surface area contributed by atoms with E-state index in [-0.39, 0.29) is 38.3 Å². The molecule has 0 aliphatic heterocycles. The molecule has 2 heteroatoms. The Morgan fingerprint density at radius 2 is 1.58 bits per heavy atom. The average Bonchev–Trinajstić information content (AvgIpc) is 2.05. The maximum atomic E-state index is 8.42. The molecule has 0 bridgehead atoms. The van der Waals surface area contributed by atoms with E-state index >= 15 is 0 Å². The maximum absolute atomic E-state index is 8.42. The van der Waals surface area contributed by atoms with Crippen LogP contribution in [0.3, 0.4) is 0 Å². The molecule has 69 valence electrons. The molecule has 0 aromatic carbocycles. The summed E-state index contributed by atoms with van der Waals surface area (Å²) in [6, 6.07) is 0. The van der Waals surface area contributed by atoms with Gasteiger partial charge >= 0.3 is 0 Å². The van der Waals surface area contributed by atoms with E-state index in [4.69, 9.17) is 1.37 Å². The van der Waals surface area contributed by atoms with Crippen LogP contribution in [0.25, 0.3) is 0 Å². The summed E-state index contributed by atoms with van der Waals surface area (Å²) in [4.78, 5) is 0. The Hall–Kier alpha value is 1.53. The van der Waals surface area contributed by atoms with Crippen LogP contribution in [-0.2, 0) is 32.7 Å². The Kier molecular flexibility index (Phi) is 5.90. The fourth-order valence-corrected chi connectivity index (χ4v) is 6.10. The molecule has 1 rings (SSSR count). The van der Waals surface area contributed by atoms with Gasteiger partial charge < -0.3 is 0 Å². The van der Waals surface area contributed by atoms with Gasteiger partial charge in [-0.2, -0.15) is 0 Å². The van der Waals surface area contributed by atoms with Gasteiger partial charge in [-0.3, -0.25) is 0 Å². The van der Waals surface area contributed by atoms with Gasteiger partial charge in [0.15, 0.2) is 0 Å². The third-order valence-corrected chi connectivity index (χ3v) is 8.84. The molecule has 0 unspecified atom stereocenters. The van der Waals surface area contributed by atoms with Crippen molar-refractivity contribution in [3.63, 3.8) is 0 Å². The van der Waals surface area contributed by atoms with Gasteiger partial charge in [0.1, 0.15) is 0 Å². The summed E-state index contributed by atoms with van der Waals surface area (Å²) >= 11 is 0. The monoisotopic (exact) mass is 263 g/mol. The predicted molar refractivity (Wildman–Crippen MR) is 56.2 cm³/mol. The first kappa shape index (κ1) is 11.6. The summed E-state index contributed by atoms with van der Waals surface area (Å²) in [5, 5.41) is 0. The second kappa shape index (κ2) is 6.10. The van der Waals surface area contributed by atoms with Crippen molar-refractivity contribution in [1.29, 1.82) is 0 Å². The summed E-state index contributed by atoms with van der Waals surface area (Å²) in [6.07, 6.45) is 7.58. The Morgan fingerprint density at radius 3 is 1.67 bits per heavy atom. The van der Waals surface area contributed by atoms with Crippen molar-refractivity contribution in [3.05, 3.63) is 0 Å². The summed E-state index contributed by atoms with van der Waals surface area (Å²) in [6.45, 7) is 6.90. The van der Waals surface area contributed by atoms with Crippen LogP contribution in [0.4, 0.5) is 0 Å². The van der Waals surface area contributed by atoms with E-state index in [1.807, 2.05) is 0 Å². The fraction of sp³-hybridized carbons (Fsp3) is 1.00. The molecule has 0 aromatic heterocycles. The fourth-order valence-electron chi connectivity index (χ4n) is 2.15. The quantitative estimate of drug-likeness (QED) is 0.680. The summed E-state index contributed by atoms with van der Waals surface area (Å²) in [5.41, 5.74) is 0.0469. The molecule has 0 heterocycles. The Morgan fingerprint density at radius 1 is 1.17 bits per heavy atom. The minimum atomic E-state index is -0.888. The first-order valence-corrected chi connectivity index (χ1v) is 7.35. The third-order valence-electron chi connectivity index (χ3n) is 3.42. The van der Waals surface area contributed by atoms with Crippen LogP contribution in [0.5, 0.6) is 0 Å². The molecule has 0 nitrogen and oxygen atoms in total. The molecule has 0 aromatic rings. The van der Waals surface area contributed by atoms with Crippen molar-refractivity contribution in [2.45, 2.75) is 45.7 Å². The summed E-state index contributed by atoms with van der Waals surface area (Å²) in [7, 11) is -0.888. The molecule has 0 N–H and O–H groups in total.